The van der Waals surface area contributed by atoms with E-state index in [1.807, 2.05) is 20.8 Å². The van der Waals surface area contributed by atoms with E-state index in [1.54, 1.807) is 24.3 Å². The summed E-state index contributed by atoms with van der Waals surface area (Å²) in [4.78, 5) is 23.5. The number of esters is 1. The Bertz CT molecular complexity index is 497. The third kappa shape index (κ3) is 6.41. The van der Waals surface area contributed by atoms with E-state index < -0.39 is 17.6 Å². The molecule has 0 heterocycles. The van der Waals surface area contributed by atoms with Crippen molar-refractivity contribution in [1.29, 1.82) is 0 Å². The summed E-state index contributed by atoms with van der Waals surface area (Å²) in [5, 5.41) is 8.89. The number of nitrogens with one attached hydrogen (secondary N) is 1. The van der Waals surface area contributed by atoms with Crippen LogP contribution in [0.5, 0.6) is 0 Å². The minimum absolute atomic E-state index is 0.193. The van der Waals surface area contributed by atoms with Crippen molar-refractivity contribution in [2.45, 2.75) is 37.3 Å². The van der Waals surface area contributed by atoms with Crippen LogP contribution < -0.4 is 4.72 Å². The average Bonchev–Trinajstić information content (AvgIpc) is 2.37. The van der Waals surface area contributed by atoms with Gasteiger partial charge in [0, 0.05) is 10.6 Å². The highest BCUT2D eigenvalue weighted by Crippen LogP contribution is 2.18. The Morgan fingerprint density at radius 1 is 1.33 bits per heavy atom. The predicted molar refractivity (Wildman–Crippen MR) is 85.9 cm³/mol. The molecule has 0 amide bonds. The Morgan fingerprint density at radius 3 is 2.33 bits per heavy atom. The molecule has 0 unspecified atom stereocenters. The smallest absolute Gasteiger partial charge is 0.338 e. The Labute approximate surface area is 134 Å². The first-order valence-corrected chi connectivity index (χ1v) is 7.77. The summed E-state index contributed by atoms with van der Waals surface area (Å²) in [5.41, 5.74) is -0.0777. The van der Waals surface area contributed by atoms with Gasteiger partial charge in [-0.1, -0.05) is 0 Å². The average molecular weight is 329 g/mol. The number of carboxylic acids is 1. The van der Waals surface area contributed by atoms with Crippen molar-refractivity contribution in [2.75, 3.05) is 5.75 Å². The number of carbonyl (C=O) groups excluding carboxylic acids is 1. The maximum absolute atomic E-state index is 11.8. The molecule has 7 heteroatoms. The lowest BCUT2D eigenvalue weighted by molar-refractivity contribution is -0.138. The lowest BCUT2D eigenvalue weighted by atomic mass is 10.2. The van der Waals surface area contributed by atoms with Gasteiger partial charge in [0.15, 0.2) is 0 Å². The van der Waals surface area contributed by atoms with Crippen LogP contribution in [0.2, 0.25) is 0 Å². The first kappa shape index (κ1) is 17.9. The summed E-state index contributed by atoms with van der Waals surface area (Å²) in [7, 11) is 0. The summed E-state index contributed by atoms with van der Waals surface area (Å²) < 4.78 is 8.06. The fourth-order valence-electron chi connectivity index (χ4n) is 1.30. The van der Waals surface area contributed by atoms with Gasteiger partial charge >= 0.3 is 11.9 Å². The standard InChI is InChI=1S/C14H19NO4S2/c1-14(2,3)19-13(18)9-4-6-10(7-5-9)21-15-11(8-20)12(16)17/h4-7,11,15,20H,8H2,1-3H3,(H,16,17)/t11-/m0/s1. The normalized spacial score (nSPS) is 12.8. The molecule has 0 aliphatic rings. The van der Waals surface area contributed by atoms with Gasteiger partial charge in [-0.05, 0) is 57.0 Å². The van der Waals surface area contributed by atoms with Crippen LogP contribution in [0.4, 0.5) is 0 Å². The number of rotatable bonds is 6. The molecule has 21 heavy (non-hydrogen) atoms. The number of carboxylic acid groups (broad SMARTS) is 1. The van der Waals surface area contributed by atoms with E-state index in [2.05, 4.69) is 17.4 Å². The van der Waals surface area contributed by atoms with Crippen LogP contribution in [-0.4, -0.2) is 34.4 Å². The summed E-state index contributed by atoms with van der Waals surface area (Å²) in [6, 6.07) is 6.02. The van der Waals surface area contributed by atoms with Crippen LogP contribution in [0.25, 0.3) is 0 Å². The summed E-state index contributed by atoms with van der Waals surface area (Å²) in [5.74, 6) is -1.15. The highest BCUT2D eigenvalue weighted by molar-refractivity contribution is 7.97. The van der Waals surface area contributed by atoms with Crippen molar-refractivity contribution in [1.82, 2.24) is 4.72 Å². The molecule has 5 nitrogen and oxygen atoms in total. The van der Waals surface area contributed by atoms with Crippen molar-refractivity contribution in [3.05, 3.63) is 29.8 Å². The maximum atomic E-state index is 11.8. The van der Waals surface area contributed by atoms with Crippen LogP contribution in [0, 0.1) is 0 Å². The Hall–Kier alpha value is -1.18. The second kappa shape index (κ2) is 7.72. The molecule has 0 radical (unpaired) electrons. The first-order chi connectivity index (χ1) is 9.73. The van der Waals surface area contributed by atoms with Crippen LogP contribution in [0.1, 0.15) is 31.1 Å². The van der Waals surface area contributed by atoms with Gasteiger partial charge in [0.05, 0.1) is 5.56 Å². The third-order valence-electron chi connectivity index (χ3n) is 2.29. The molecule has 0 bridgehead atoms. The van der Waals surface area contributed by atoms with Crippen LogP contribution in [0.3, 0.4) is 0 Å². The number of thiol groups is 1. The third-order valence-corrected chi connectivity index (χ3v) is 3.56. The monoisotopic (exact) mass is 329 g/mol. The van der Waals surface area contributed by atoms with Gasteiger partial charge in [0.2, 0.25) is 0 Å². The van der Waals surface area contributed by atoms with E-state index in [4.69, 9.17) is 9.84 Å². The van der Waals surface area contributed by atoms with Crippen LogP contribution >= 0.6 is 24.6 Å². The number of aliphatic carboxylic acids is 1. The highest BCUT2D eigenvalue weighted by Gasteiger charge is 2.18. The maximum Gasteiger partial charge on any atom is 0.338 e. The molecular formula is C14H19NO4S2. The largest absolute Gasteiger partial charge is 0.480 e. The zero-order valence-electron chi connectivity index (χ0n) is 12.1. The zero-order valence-corrected chi connectivity index (χ0v) is 13.8. The molecule has 0 aliphatic heterocycles. The van der Waals surface area contributed by atoms with Crippen LogP contribution in [-0.2, 0) is 9.53 Å². The zero-order chi connectivity index (χ0) is 16.0. The molecule has 0 spiro atoms. The SMILES string of the molecule is CC(C)(C)OC(=O)c1ccc(SN[C@@H](CS)C(=O)O)cc1. The van der Waals surface area contributed by atoms with Gasteiger partial charge < -0.3 is 9.84 Å². The van der Waals surface area contributed by atoms with Crippen molar-refractivity contribution < 1.29 is 19.4 Å². The molecule has 116 valence electrons. The fraction of sp³-hybridized carbons (Fsp3) is 0.429. The van der Waals surface area contributed by atoms with E-state index in [0.717, 1.165) is 4.90 Å². The minimum Gasteiger partial charge on any atom is -0.480 e. The second-order valence-electron chi connectivity index (χ2n) is 5.32. The van der Waals surface area contributed by atoms with Gasteiger partial charge in [-0.3, -0.25) is 4.79 Å². The quantitative estimate of drug-likeness (QED) is 0.423. The molecule has 0 aliphatic carbocycles. The topological polar surface area (TPSA) is 75.6 Å². The number of hydrogen-bond donors (Lipinski definition) is 3. The Morgan fingerprint density at radius 2 is 1.90 bits per heavy atom. The fourth-order valence-corrected chi connectivity index (χ4v) is 2.41. The number of hydrogen-bond acceptors (Lipinski definition) is 6. The van der Waals surface area contributed by atoms with Crippen molar-refractivity contribution in [3.63, 3.8) is 0 Å². The summed E-state index contributed by atoms with van der Waals surface area (Å²) in [6.45, 7) is 5.42. The van der Waals surface area contributed by atoms with Gasteiger partial charge in [-0.2, -0.15) is 12.6 Å². The molecule has 1 aromatic rings. The molecule has 1 aromatic carbocycles. The van der Waals surface area contributed by atoms with Crippen molar-refractivity contribution >= 4 is 36.5 Å². The lowest BCUT2D eigenvalue weighted by Crippen LogP contribution is -2.33. The molecule has 1 rings (SSSR count). The highest BCUT2D eigenvalue weighted by atomic mass is 32.2. The van der Waals surface area contributed by atoms with E-state index in [1.165, 1.54) is 11.9 Å². The van der Waals surface area contributed by atoms with E-state index in [-0.39, 0.29) is 11.7 Å². The van der Waals surface area contributed by atoms with E-state index >= 15 is 0 Å². The van der Waals surface area contributed by atoms with E-state index in [0.29, 0.717) is 5.56 Å². The lowest BCUT2D eigenvalue weighted by Gasteiger charge is -2.19. The summed E-state index contributed by atoms with van der Waals surface area (Å²) in [6.07, 6.45) is 0. The predicted octanol–water partition coefficient (Wildman–Crippen LogP) is 2.62. The van der Waals surface area contributed by atoms with Gasteiger partial charge in [-0.25, -0.2) is 9.52 Å². The molecule has 0 saturated carbocycles. The molecule has 0 fully saturated rings. The number of ether oxygens (including phenoxy) is 1. The summed E-state index contributed by atoms with van der Waals surface area (Å²) >= 11 is 5.15. The van der Waals surface area contributed by atoms with Gasteiger partial charge in [0.25, 0.3) is 0 Å². The number of benzene rings is 1. The first-order valence-electron chi connectivity index (χ1n) is 6.32. The molecular weight excluding hydrogens is 310 g/mol. The number of carbonyl (C=O) groups is 2. The van der Waals surface area contributed by atoms with Gasteiger partial charge in [0.1, 0.15) is 11.6 Å². The van der Waals surface area contributed by atoms with E-state index in [9.17, 15) is 9.59 Å². The molecule has 0 aromatic heterocycles. The van der Waals surface area contributed by atoms with Crippen LogP contribution in [0.15, 0.2) is 29.2 Å². The van der Waals surface area contributed by atoms with Crippen molar-refractivity contribution in [2.24, 2.45) is 0 Å². The Kier molecular flexibility index (Phi) is 6.57. The molecule has 2 N–H and O–H groups in total. The Balaban J connectivity index is 2.62. The van der Waals surface area contributed by atoms with Crippen molar-refractivity contribution in [3.8, 4) is 0 Å². The van der Waals surface area contributed by atoms with Gasteiger partial charge in [-0.15, -0.1) is 0 Å². The minimum atomic E-state index is -0.956. The molecule has 0 saturated heterocycles. The second-order valence-corrected chi connectivity index (χ2v) is 6.60. The molecule has 1 atom stereocenters.